The molecule has 2 heterocycles. The van der Waals surface area contributed by atoms with Crippen molar-refractivity contribution < 1.29 is 4.39 Å². The quantitative estimate of drug-likeness (QED) is 0.772. The molecule has 144 valence electrons. The fourth-order valence-corrected chi connectivity index (χ4v) is 4.81. The van der Waals surface area contributed by atoms with Crippen LogP contribution >= 0.6 is 11.8 Å². The summed E-state index contributed by atoms with van der Waals surface area (Å²) in [6, 6.07) is 6.66. The lowest BCUT2D eigenvalue weighted by atomic mass is 9.97. The zero-order chi connectivity index (χ0) is 18.6. The molecule has 27 heavy (non-hydrogen) atoms. The molecule has 1 saturated heterocycles. The Balaban J connectivity index is 1.51. The third kappa shape index (κ3) is 4.79. The van der Waals surface area contributed by atoms with Crippen LogP contribution < -0.4 is 5.32 Å². The number of hydrogen-bond donors (Lipinski definition) is 1. The summed E-state index contributed by atoms with van der Waals surface area (Å²) in [5.41, 5.74) is 2.46. The van der Waals surface area contributed by atoms with Gasteiger partial charge in [0.15, 0.2) is 0 Å². The minimum absolute atomic E-state index is 0.204. The maximum Gasteiger partial charge on any atom is 0.224 e. The molecule has 1 aromatic carbocycles. The molecule has 2 aliphatic rings. The molecule has 1 fully saturated rings. The van der Waals surface area contributed by atoms with Gasteiger partial charge in [0.1, 0.15) is 10.8 Å². The van der Waals surface area contributed by atoms with Gasteiger partial charge in [-0.2, -0.15) is 0 Å². The Morgan fingerprint density at radius 3 is 2.63 bits per heavy atom. The van der Waals surface area contributed by atoms with E-state index in [0.29, 0.717) is 5.92 Å². The first kappa shape index (κ1) is 18.7. The van der Waals surface area contributed by atoms with Gasteiger partial charge in [-0.1, -0.05) is 11.8 Å². The van der Waals surface area contributed by atoms with Gasteiger partial charge in [0.25, 0.3) is 0 Å². The summed E-state index contributed by atoms with van der Waals surface area (Å²) in [4.78, 5) is 13.1. The van der Waals surface area contributed by atoms with Crippen LogP contribution in [-0.4, -0.2) is 41.5 Å². The van der Waals surface area contributed by atoms with Crippen molar-refractivity contribution in [3.63, 3.8) is 0 Å². The summed E-state index contributed by atoms with van der Waals surface area (Å²) in [6.45, 7) is 3.28. The molecule has 1 aromatic heterocycles. The maximum absolute atomic E-state index is 13.2. The number of hydrogen-bond acceptors (Lipinski definition) is 5. The summed E-state index contributed by atoms with van der Waals surface area (Å²) >= 11 is 1.62. The molecule has 6 heteroatoms. The molecule has 0 atom stereocenters. The van der Waals surface area contributed by atoms with Gasteiger partial charge in [-0.05, 0) is 88.8 Å². The molecule has 4 nitrogen and oxygen atoms in total. The molecule has 0 unspecified atom stereocenters. The van der Waals surface area contributed by atoms with E-state index in [4.69, 9.17) is 9.97 Å². The lowest BCUT2D eigenvalue weighted by Crippen LogP contribution is -2.33. The predicted molar refractivity (Wildman–Crippen MR) is 108 cm³/mol. The molecule has 4 rings (SSSR count). The van der Waals surface area contributed by atoms with Crippen LogP contribution in [0.4, 0.5) is 10.3 Å². The first-order valence-electron chi connectivity index (χ1n) is 9.93. The monoisotopic (exact) mass is 386 g/mol. The van der Waals surface area contributed by atoms with Crippen molar-refractivity contribution in [3.8, 4) is 0 Å². The number of fused-ring (bicyclic) bond motifs is 1. The largest absolute Gasteiger partial charge is 0.354 e. The Labute approximate surface area is 165 Å². The lowest BCUT2D eigenvalue weighted by molar-refractivity contribution is 0.226. The van der Waals surface area contributed by atoms with Crippen LogP contribution in [0.25, 0.3) is 0 Å². The highest BCUT2D eigenvalue weighted by atomic mass is 32.2. The van der Waals surface area contributed by atoms with Gasteiger partial charge in [0.05, 0.1) is 5.69 Å². The molecule has 1 aliphatic heterocycles. The normalized spacial score (nSPS) is 18.3. The molecular weight excluding hydrogens is 359 g/mol. The fraction of sp³-hybridized carbons (Fsp3) is 0.524. The highest BCUT2D eigenvalue weighted by Crippen LogP contribution is 2.34. The number of rotatable bonds is 5. The zero-order valence-electron chi connectivity index (χ0n) is 15.9. The predicted octanol–water partition coefficient (Wildman–Crippen LogP) is 4.40. The molecular formula is C21H27FN4S. The van der Waals surface area contributed by atoms with E-state index < -0.39 is 0 Å². The summed E-state index contributed by atoms with van der Waals surface area (Å²) in [5.74, 6) is 1.23. The number of aromatic nitrogens is 2. The first-order chi connectivity index (χ1) is 13.2. The minimum atomic E-state index is -0.204. The average Bonchev–Trinajstić information content (AvgIpc) is 2.69. The van der Waals surface area contributed by atoms with Crippen LogP contribution in [-0.2, 0) is 12.8 Å². The topological polar surface area (TPSA) is 41.0 Å². The van der Waals surface area contributed by atoms with Crippen LogP contribution in [0.5, 0.6) is 0 Å². The standard InChI is InChI=1S/C21H27FN4S/c1-26-12-10-15(11-13-26)14-23-21-24-19-5-3-2-4-18(19)20(25-21)27-17-8-6-16(22)7-9-17/h6-9,15H,2-5,10-14H2,1H3,(H,23,24,25). The summed E-state index contributed by atoms with van der Waals surface area (Å²) in [5, 5.41) is 4.53. The summed E-state index contributed by atoms with van der Waals surface area (Å²) < 4.78 is 13.2. The van der Waals surface area contributed by atoms with Gasteiger partial charge in [-0.3, -0.25) is 0 Å². The molecule has 0 bridgehead atoms. The van der Waals surface area contributed by atoms with Crippen LogP contribution in [0.3, 0.4) is 0 Å². The molecule has 1 aliphatic carbocycles. The van der Waals surface area contributed by atoms with Gasteiger partial charge in [0.2, 0.25) is 5.95 Å². The number of nitrogens with zero attached hydrogens (tertiary/aromatic N) is 3. The van der Waals surface area contributed by atoms with E-state index in [1.165, 1.54) is 62.2 Å². The lowest BCUT2D eigenvalue weighted by Gasteiger charge is -2.29. The van der Waals surface area contributed by atoms with Crippen molar-refractivity contribution in [3.05, 3.63) is 41.3 Å². The second-order valence-electron chi connectivity index (χ2n) is 7.67. The van der Waals surface area contributed by atoms with Crippen molar-refractivity contribution >= 4 is 17.7 Å². The van der Waals surface area contributed by atoms with Crippen LogP contribution in [0.1, 0.15) is 36.9 Å². The van der Waals surface area contributed by atoms with Crippen molar-refractivity contribution in [2.75, 3.05) is 32.0 Å². The molecule has 2 aromatic rings. The molecule has 0 radical (unpaired) electrons. The van der Waals surface area contributed by atoms with E-state index in [1.807, 2.05) is 12.1 Å². The van der Waals surface area contributed by atoms with Gasteiger partial charge >= 0.3 is 0 Å². The van der Waals surface area contributed by atoms with Crippen LogP contribution in [0.2, 0.25) is 0 Å². The van der Waals surface area contributed by atoms with E-state index >= 15 is 0 Å². The molecule has 0 spiro atoms. The molecule has 1 N–H and O–H groups in total. The van der Waals surface area contributed by atoms with Gasteiger partial charge in [-0.15, -0.1) is 0 Å². The van der Waals surface area contributed by atoms with Crippen molar-refractivity contribution in [2.45, 2.75) is 48.4 Å². The summed E-state index contributed by atoms with van der Waals surface area (Å²) in [7, 11) is 2.19. The number of likely N-dealkylation sites (tertiary alicyclic amines) is 1. The fourth-order valence-electron chi connectivity index (χ4n) is 3.84. The Morgan fingerprint density at radius 2 is 1.85 bits per heavy atom. The number of halogens is 1. The van der Waals surface area contributed by atoms with Gasteiger partial charge < -0.3 is 10.2 Å². The Kier molecular flexibility index (Phi) is 5.93. The highest BCUT2D eigenvalue weighted by molar-refractivity contribution is 7.99. The second-order valence-corrected chi connectivity index (χ2v) is 8.73. The molecule has 0 amide bonds. The van der Waals surface area contributed by atoms with Crippen LogP contribution in [0.15, 0.2) is 34.2 Å². The minimum Gasteiger partial charge on any atom is -0.354 e. The van der Waals surface area contributed by atoms with Gasteiger partial charge in [0, 0.05) is 17.0 Å². The third-order valence-corrected chi connectivity index (χ3v) is 6.60. The van der Waals surface area contributed by atoms with E-state index in [1.54, 1.807) is 11.8 Å². The summed E-state index contributed by atoms with van der Waals surface area (Å²) in [6.07, 6.45) is 6.90. The Morgan fingerprint density at radius 1 is 1.11 bits per heavy atom. The van der Waals surface area contributed by atoms with E-state index in [0.717, 1.165) is 35.3 Å². The molecule has 0 saturated carbocycles. The Hall–Kier alpha value is -1.66. The third-order valence-electron chi connectivity index (χ3n) is 5.56. The SMILES string of the molecule is CN1CCC(CNc2nc3c(c(Sc4ccc(F)cc4)n2)CCCC3)CC1. The van der Waals surface area contributed by atoms with Crippen molar-refractivity contribution in [1.82, 2.24) is 14.9 Å². The number of benzene rings is 1. The average molecular weight is 387 g/mol. The van der Waals surface area contributed by atoms with Crippen molar-refractivity contribution in [2.24, 2.45) is 5.92 Å². The van der Waals surface area contributed by atoms with E-state index in [2.05, 4.69) is 17.3 Å². The van der Waals surface area contributed by atoms with E-state index in [9.17, 15) is 4.39 Å². The number of nitrogens with one attached hydrogen (secondary N) is 1. The Bertz CT molecular complexity index is 772. The number of anilines is 1. The zero-order valence-corrected chi connectivity index (χ0v) is 16.7. The van der Waals surface area contributed by atoms with E-state index in [-0.39, 0.29) is 5.82 Å². The second kappa shape index (κ2) is 8.57. The number of piperidine rings is 1. The maximum atomic E-state index is 13.2. The first-order valence-corrected chi connectivity index (χ1v) is 10.7. The van der Waals surface area contributed by atoms with Crippen LogP contribution in [0, 0.1) is 11.7 Å². The van der Waals surface area contributed by atoms with Crippen molar-refractivity contribution in [1.29, 1.82) is 0 Å². The highest BCUT2D eigenvalue weighted by Gasteiger charge is 2.20. The van der Waals surface area contributed by atoms with Gasteiger partial charge in [-0.25, -0.2) is 14.4 Å². The smallest absolute Gasteiger partial charge is 0.224 e. The number of aryl methyl sites for hydroxylation is 1.